The molecule has 21 heavy (non-hydrogen) atoms. The van der Waals surface area contributed by atoms with Crippen LogP contribution in [0.4, 0.5) is 0 Å². The molecule has 1 aromatic rings. The molecule has 0 heterocycles. The number of fused-ring (bicyclic) bond motifs is 1. The van der Waals surface area contributed by atoms with E-state index in [-0.39, 0.29) is 11.5 Å². The van der Waals surface area contributed by atoms with E-state index in [4.69, 9.17) is 4.74 Å². The summed E-state index contributed by atoms with van der Waals surface area (Å²) in [6, 6.07) is 6.70. The smallest absolute Gasteiger partial charge is 0.119 e. The van der Waals surface area contributed by atoms with Gasteiger partial charge in [-0.3, -0.25) is 0 Å². The maximum atomic E-state index is 10.2. The Morgan fingerprint density at radius 2 is 2.14 bits per heavy atom. The number of aliphatic hydroxyl groups excluding tert-OH is 1. The monoisotopic (exact) mass is 291 g/mol. The number of hydrogen-bond donors (Lipinski definition) is 2. The lowest BCUT2D eigenvalue weighted by molar-refractivity contribution is 0.115. The van der Waals surface area contributed by atoms with E-state index in [1.165, 1.54) is 17.5 Å². The molecule has 2 atom stereocenters. The molecule has 1 aromatic carbocycles. The van der Waals surface area contributed by atoms with Gasteiger partial charge in [0.1, 0.15) is 5.75 Å². The SMILES string of the molecule is COc1ccc2c(c1)CCCC2NCC(O)CC(C)(C)C. The zero-order valence-corrected chi connectivity index (χ0v) is 13.8. The molecule has 0 amide bonds. The van der Waals surface area contributed by atoms with Crippen LogP contribution in [0.25, 0.3) is 0 Å². The van der Waals surface area contributed by atoms with Crippen LogP contribution in [-0.2, 0) is 6.42 Å². The summed E-state index contributed by atoms with van der Waals surface area (Å²) in [6.45, 7) is 7.16. The highest BCUT2D eigenvalue weighted by molar-refractivity contribution is 5.39. The molecule has 1 aliphatic carbocycles. The van der Waals surface area contributed by atoms with Gasteiger partial charge in [0.05, 0.1) is 13.2 Å². The van der Waals surface area contributed by atoms with Crippen molar-refractivity contribution in [1.82, 2.24) is 5.32 Å². The molecule has 0 fully saturated rings. The van der Waals surface area contributed by atoms with Gasteiger partial charge in [-0.1, -0.05) is 26.8 Å². The van der Waals surface area contributed by atoms with Gasteiger partial charge in [-0.05, 0) is 54.4 Å². The van der Waals surface area contributed by atoms with Gasteiger partial charge in [0, 0.05) is 12.6 Å². The average molecular weight is 291 g/mol. The third kappa shape index (κ3) is 4.72. The Labute approximate surface area is 128 Å². The molecule has 2 rings (SSSR count). The van der Waals surface area contributed by atoms with Gasteiger partial charge in [-0.2, -0.15) is 0 Å². The number of aryl methyl sites for hydroxylation is 1. The fourth-order valence-corrected chi connectivity index (χ4v) is 3.19. The number of hydrogen-bond acceptors (Lipinski definition) is 3. The lowest BCUT2D eigenvalue weighted by atomic mass is 9.86. The molecule has 0 saturated heterocycles. The third-order valence-electron chi connectivity index (χ3n) is 4.11. The topological polar surface area (TPSA) is 41.5 Å². The summed E-state index contributed by atoms with van der Waals surface area (Å²) >= 11 is 0. The van der Waals surface area contributed by atoms with Crippen LogP contribution in [-0.4, -0.2) is 24.9 Å². The maximum absolute atomic E-state index is 10.2. The lowest BCUT2D eigenvalue weighted by Crippen LogP contribution is -2.34. The number of ether oxygens (including phenoxy) is 1. The van der Waals surface area contributed by atoms with Gasteiger partial charge in [0.25, 0.3) is 0 Å². The molecule has 118 valence electrons. The Balaban J connectivity index is 1.97. The highest BCUT2D eigenvalue weighted by Gasteiger charge is 2.22. The van der Waals surface area contributed by atoms with Crippen molar-refractivity contribution in [2.75, 3.05) is 13.7 Å². The van der Waals surface area contributed by atoms with Crippen LogP contribution < -0.4 is 10.1 Å². The molecule has 3 nitrogen and oxygen atoms in total. The molecule has 0 bridgehead atoms. The summed E-state index contributed by atoms with van der Waals surface area (Å²) < 4.78 is 5.31. The van der Waals surface area contributed by atoms with Gasteiger partial charge >= 0.3 is 0 Å². The average Bonchev–Trinajstić information content (AvgIpc) is 2.42. The van der Waals surface area contributed by atoms with E-state index < -0.39 is 0 Å². The normalized spacial score (nSPS) is 20.0. The summed E-state index contributed by atoms with van der Waals surface area (Å²) in [6.07, 6.45) is 3.99. The van der Waals surface area contributed by atoms with Crippen molar-refractivity contribution in [2.24, 2.45) is 5.41 Å². The summed E-state index contributed by atoms with van der Waals surface area (Å²) in [5.74, 6) is 0.933. The first-order valence-corrected chi connectivity index (χ1v) is 7.97. The Morgan fingerprint density at radius 1 is 1.38 bits per heavy atom. The Kier molecular flexibility index (Phi) is 5.28. The van der Waals surface area contributed by atoms with Crippen molar-refractivity contribution < 1.29 is 9.84 Å². The second kappa shape index (κ2) is 6.80. The fourth-order valence-electron chi connectivity index (χ4n) is 3.19. The first-order chi connectivity index (χ1) is 9.89. The van der Waals surface area contributed by atoms with Gasteiger partial charge in [0.15, 0.2) is 0 Å². The van der Waals surface area contributed by atoms with Crippen LogP contribution in [0.1, 0.15) is 57.2 Å². The van der Waals surface area contributed by atoms with Crippen LogP contribution in [0.2, 0.25) is 0 Å². The molecule has 2 N–H and O–H groups in total. The van der Waals surface area contributed by atoms with E-state index in [0.717, 1.165) is 25.0 Å². The van der Waals surface area contributed by atoms with Crippen molar-refractivity contribution in [3.63, 3.8) is 0 Å². The molecule has 0 saturated carbocycles. The Bertz CT molecular complexity index is 465. The Morgan fingerprint density at radius 3 is 2.81 bits per heavy atom. The van der Waals surface area contributed by atoms with Crippen LogP contribution >= 0.6 is 0 Å². The van der Waals surface area contributed by atoms with E-state index in [0.29, 0.717) is 12.6 Å². The minimum atomic E-state index is -0.284. The summed E-state index contributed by atoms with van der Waals surface area (Å²) in [7, 11) is 1.71. The van der Waals surface area contributed by atoms with Gasteiger partial charge < -0.3 is 15.2 Å². The van der Waals surface area contributed by atoms with Gasteiger partial charge in [0.2, 0.25) is 0 Å². The number of benzene rings is 1. The quantitative estimate of drug-likeness (QED) is 0.873. The minimum Gasteiger partial charge on any atom is -0.497 e. The Hall–Kier alpha value is -1.06. The first kappa shape index (κ1) is 16.3. The summed E-state index contributed by atoms with van der Waals surface area (Å²) in [5, 5.41) is 13.7. The molecule has 3 heteroatoms. The highest BCUT2D eigenvalue weighted by Crippen LogP contribution is 2.32. The molecule has 0 aliphatic heterocycles. The number of aliphatic hydroxyl groups is 1. The standard InChI is InChI=1S/C18H29NO2/c1-18(2,3)11-14(20)12-19-17-7-5-6-13-10-15(21-4)8-9-16(13)17/h8-10,14,17,19-20H,5-7,11-12H2,1-4H3. The summed E-state index contributed by atoms with van der Waals surface area (Å²) in [5.41, 5.74) is 2.91. The second-order valence-electron chi connectivity index (χ2n) is 7.34. The van der Waals surface area contributed by atoms with E-state index in [1.807, 2.05) is 6.07 Å². The first-order valence-electron chi connectivity index (χ1n) is 7.97. The number of methoxy groups -OCH3 is 1. The van der Waals surface area contributed by atoms with Crippen LogP contribution in [0.3, 0.4) is 0 Å². The van der Waals surface area contributed by atoms with E-state index >= 15 is 0 Å². The number of nitrogens with one attached hydrogen (secondary N) is 1. The van der Waals surface area contributed by atoms with Crippen LogP contribution in [0, 0.1) is 5.41 Å². The van der Waals surface area contributed by atoms with Crippen molar-refractivity contribution in [3.8, 4) is 5.75 Å². The van der Waals surface area contributed by atoms with Crippen molar-refractivity contribution in [1.29, 1.82) is 0 Å². The predicted octanol–water partition coefficient (Wildman–Crippen LogP) is 3.46. The molecule has 0 spiro atoms. The van der Waals surface area contributed by atoms with Crippen molar-refractivity contribution in [3.05, 3.63) is 29.3 Å². The fraction of sp³-hybridized carbons (Fsp3) is 0.667. The maximum Gasteiger partial charge on any atom is 0.119 e. The lowest BCUT2D eigenvalue weighted by Gasteiger charge is -2.29. The zero-order chi connectivity index (χ0) is 15.5. The molecule has 0 radical (unpaired) electrons. The molecular formula is C18H29NO2. The van der Waals surface area contributed by atoms with Gasteiger partial charge in [-0.15, -0.1) is 0 Å². The van der Waals surface area contributed by atoms with E-state index in [9.17, 15) is 5.11 Å². The van der Waals surface area contributed by atoms with Crippen molar-refractivity contribution in [2.45, 2.75) is 58.6 Å². The minimum absolute atomic E-state index is 0.166. The molecule has 0 aromatic heterocycles. The molecule has 1 aliphatic rings. The van der Waals surface area contributed by atoms with E-state index in [2.05, 4.69) is 38.2 Å². The third-order valence-corrected chi connectivity index (χ3v) is 4.11. The number of rotatable bonds is 5. The van der Waals surface area contributed by atoms with Crippen LogP contribution in [0.5, 0.6) is 5.75 Å². The zero-order valence-electron chi connectivity index (χ0n) is 13.8. The van der Waals surface area contributed by atoms with Crippen molar-refractivity contribution >= 4 is 0 Å². The molecule has 2 unspecified atom stereocenters. The highest BCUT2D eigenvalue weighted by atomic mass is 16.5. The predicted molar refractivity (Wildman–Crippen MR) is 86.8 cm³/mol. The second-order valence-corrected chi connectivity index (χ2v) is 7.34. The molecular weight excluding hydrogens is 262 g/mol. The largest absolute Gasteiger partial charge is 0.497 e. The van der Waals surface area contributed by atoms with Gasteiger partial charge in [-0.25, -0.2) is 0 Å². The summed E-state index contributed by atoms with van der Waals surface area (Å²) in [4.78, 5) is 0. The van der Waals surface area contributed by atoms with Crippen LogP contribution in [0.15, 0.2) is 18.2 Å². The van der Waals surface area contributed by atoms with E-state index in [1.54, 1.807) is 7.11 Å².